The third-order valence-electron chi connectivity index (χ3n) is 4.45. The second kappa shape index (κ2) is 7.34. The zero-order valence-electron chi connectivity index (χ0n) is 14.3. The Bertz CT molecular complexity index is 994. The van der Waals surface area contributed by atoms with E-state index in [4.69, 9.17) is 0 Å². The summed E-state index contributed by atoms with van der Waals surface area (Å²) in [5.41, 5.74) is 2.57. The van der Waals surface area contributed by atoms with Gasteiger partial charge in [0.1, 0.15) is 11.6 Å². The first-order chi connectivity index (χ1) is 13.1. The van der Waals surface area contributed by atoms with E-state index in [1.165, 1.54) is 12.1 Å². The molecule has 27 heavy (non-hydrogen) atoms. The highest BCUT2D eigenvalue weighted by Gasteiger charge is 2.21. The minimum Gasteiger partial charge on any atom is -0.768 e. The van der Waals surface area contributed by atoms with Crippen LogP contribution in [0.5, 0.6) is 5.75 Å². The molecule has 1 atom stereocenters. The maximum absolute atomic E-state index is 10.9. The molecular weight excluding hydrogens is 364 g/mol. The van der Waals surface area contributed by atoms with Gasteiger partial charge in [0.2, 0.25) is 5.95 Å². The van der Waals surface area contributed by atoms with Gasteiger partial charge < -0.3 is 19.9 Å². The standard InChI is InChI=1S/C19H18N4O3S/c24-17-5-1-4-16-15(17)3-2-12-23(16)18-10-11-20-19(22-18)21-13-6-8-14(9-7-13)27(25)26/h1,4-11,24H,2-3,12H2,(H,25,26)(H,20,21,22)/p-1. The highest BCUT2D eigenvalue weighted by Crippen LogP contribution is 2.37. The van der Waals surface area contributed by atoms with E-state index in [1.54, 1.807) is 24.4 Å². The summed E-state index contributed by atoms with van der Waals surface area (Å²) in [6.45, 7) is 0.802. The van der Waals surface area contributed by atoms with E-state index in [-0.39, 0.29) is 4.90 Å². The summed E-state index contributed by atoms with van der Waals surface area (Å²) in [4.78, 5) is 11.1. The lowest BCUT2D eigenvalue weighted by Crippen LogP contribution is -2.25. The Morgan fingerprint density at radius 2 is 1.96 bits per heavy atom. The van der Waals surface area contributed by atoms with E-state index in [9.17, 15) is 13.9 Å². The van der Waals surface area contributed by atoms with Gasteiger partial charge in [0.15, 0.2) is 0 Å². The van der Waals surface area contributed by atoms with Crippen molar-refractivity contribution in [2.75, 3.05) is 16.8 Å². The molecule has 0 amide bonds. The second-order valence-electron chi connectivity index (χ2n) is 6.15. The first-order valence-electron chi connectivity index (χ1n) is 8.49. The summed E-state index contributed by atoms with van der Waals surface area (Å²) < 4.78 is 21.9. The molecule has 0 fully saturated rings. The van der Waals surface area contributed by atoms with Crippen LogP contribution in [0, 0.1) is 0 Å². The van der Waals surface area contributed by atoms with Crippen LogP contribution in [0.4, 0.5) is 23.1 Å². The van der Waals surface area contributed by atoms with Crippen LogP contribution in [0.25, 0.3) is 0 Å². The molecule has 0 bridgehead atoms. The number of aromatic nitrogens is 2. The molecule has 0 aliphatic carbocycles. The molecule has 8 heteroatoms. The summed E-state index contributed by atoms with van der Waals surface area (Å²) in [5, 5.41) is 13.2. The molecular formula is C19H17N4O3S-. The molecule has 4 rings (SSSR count). The second-order valence-corrected chi connectivity index (χ2v) is 7.09. The maximum atomic E-state index is 10.9. The number of nitrogens with zero attached hydrogens (tertiary/aromatic N) is 3. The largest absolute Gasteiger partial charge is 0.768 e. The van der Waals surface area contributed by atoms with E-state index >= 15 is 0 Å². The van der Waals surface area contributed by atoms with E-state index in [1.807, 2.05) is 18.2 Å². The van der Waals surface area contributed by atoms with Crippen molar-refractivity contribution < 1.29 is 13.9 Å². The fourth-order valence-corrected chi connectivity index (χ4v) is 3.54. The quantitative estimate of drug-likeness (QED) is 0.669. The lowest BCUT2D eigenvalue weighted by Gasteiger charge is -2.30. The summed E-state index contributed by atoms with van der Waals surface area (Å²) in [6.07, 6.45) is 3.43. The Balaban J connectivity index is 1.60. The van der Waals surface area contributed by atoms with Crippen molar-refractivity contribution >= 4 is 34.2 Å². The van der Waals surface area contributed by atoms with Gasteiger partial charge in [0, 0.05) is 34.6 Å². The average molecular weight is 381 g/mol. The summed E-state index contributed by atoms with van der Waals surface area (Å²) in [6, 6.07) is 13.7. The Kier molecular flexibility index (Phi) is 4.74. The highest BCUT2D eigenvalue weighted by molar-refractivity contribution is 7.79. The molecule has 2 heterocycles. The van der Waals surface area contributed by atoms with Gasteiger partial charge in [0.25, 0.3) is 0 Å². The van der Waals surface area contributed by atoms with Crippen molar-refractivity contribution in [3.8, 4) is 5.75 Å². The lowest BCUT2D eigenvalue weighted by molar-refractivity contribution is 0.465. The number of aromatic hydroxyl groups is 1. The molecule has 2 aromatic carbocycles. The predicted molar refractivity (Wildman–Crippen MR) is 102 cm³/mol. The molecule has 138 valence electrons. The van der Waals surface area contributed by atoms with E-state index < -0.39 is 11.1 Å². The summed E-state index contributed by atoms with van der Waals surface area (Å²) >= 11 is -2.25. The van der Waals surface area contributed by atoms with Crippen LogP contribution < -0.4 is 10.2 Å². The molecule has 1 aliphatic heterocycles. The van der Waals surface area contributed by atoms with Crippen LogP contribution in [-0.4, -0.2) is 30.4 Å². The SMILES string of the molecule is O=S([O-])c1ccc(Nc2nccc(N3CCCc4c(O)cccc43)n2)cc1. The van der Waals surface area contributed by atoms with Crippen molar-refractivity contribution in [3.05, 3.63) is 60.3 Å². The van der Waals surface area contributed by atoms with Crippen LogP contribution in [0.2, 0.25) is 0 Å². The Morgan fingerprint density at radius 1 is 1.15 bits per heavy atom. The maximum Gasteiger partial charge on any atom is 0.229 e. The predicted octanol–water partition coefficient (Wildman–Crippen LogP) is 3.25. The lowest BCUT2D eigenvalue weighted by atomic mass is 10.0. The third-order valence-corrected chi connectivity index (χ3v) is 5.10. The Hall–Kier alpha value is -2.97. The van der Waals surface area contributed by atoms with Crippen LogP contribution in [0.15, 0.2) is 59.6 Å². The summed E-state index contributed by atoms with van der Waals surface area (Å²) in [5.74, 6) is 1.45. The minimum absolute atomic E-state index is 0.222. The van der Waals surface area contributed by atoms with Crippen LogP contribution in [0.3, 0.4) is 0 Å². The smallest absolute Gasteiger partial charge is 0.229 e. The molecule has 7 nitrogen and oxygen atoms in total. The van der Waals surface area contributed by atoms with Crippen LogP contribution in [0.1, 0.15) is 12.0 Å². The Labute approximate surface area is 159 Å². The number of hydrogen-bond donors (Lipinski definition) is 2. The van der Waals surface area contributed by atoms with Gasteiger partial charge in [0.05, 0.1) is 0 Å². The monoisotopic (exact) mass is 381 g/mol. The number of rotatable bonds is 4. The number of anilines is 4. The molecule has 0 spiro atoms. The third kappa shape index (κ3) is 3.62. The van der Waals surface area contributed by atoms with E-state index in [0.29, 0.717) is 17.4 Å². The average Bonchev–Trinajstić information content (AvgIpc) is 2.68. The molecule has 0 saturated heterocycles. The molecule has 2 N–H and O–H groups in total. The Morgan fingerprint density at radius 3 is 2.74 bits per heavy atom. The van der Waals surface area contributed by atoms with E-state index in [0.717, 1.165) is 36.5 Å². The van der Waals surface area contributed by atoms with Gasteiger partial charge >= 0.3 is 0 Å². The first-order valence-corrected chi connectivity index (χ1v) is 9.57. The van der Waals surface area contributed by atoms with Gasteiger partial charge in [-0.05, 0) is 66.4 Å². The van der Waals surface area contributed by atoms with E-state index in [2.05, 4.69) is 20.2 Å². The van der Waals surface area contributed by atoms with Crippen molar-refractivity contribution in [2.24, 2.45) is 0 Å². The molecule has 0 radical (unpaired) electrons. The fourth-order valence-electron chi connectivity index (χ4n) is 3.18. The number of hydrogen-bond acceptors (Lipinski definition) is 7. The molecule has 0 saturated carbocycles. The normalized spacial score (nSPS) is 14.5. The fraction of sp³-hybridized carbons (Fsp3) is 0.158. The van der Waals surface area contributed by atoms with Gasteiger partial charge in [-0.1, -0.05) is 6.07 Å². The van der Waals surface area contributed by atoms with Crippen LogP contribution in [-0.2, 0) is 17.5 Å². The first kappa shape index (κ1) is 17.4. The van der Waals surface area contributed by atoms with Gasteiger partial charge in [-0.25, -0.2) is 4.98 Å². The summed E-state index contributed by atoms with van der Waals surface area (Å²) in [7, 11) is 0. The van der Waals surface area contributed by atoms with Gasteiger partial charge in [-0.3, -0.25) is 4.21 Å². The topological polar surface area (TPSA) is 101 Å². The van der Waals surface area contributed by atoms with Crippen molar-refractivity contribution in [2.45, 2.75) is 17.7 Å². The van der Waals surface area contributed by atoms with Gasteiger partial charge in [-0.15, -0.1) is 0 Å². The zero-order valence-corrected chi connectivity index (χ0v) is 15.1. The molecule has 1 aliphatic rings. The molecule has 1 unspecified atom stereocenters. The zero-order chi connectivity index (χ0) is 18.8. The van der Waals surface area contributed by atoms with Crippen molar-refractivity contribution in [1.29, 1.82) is 0 Å². The number of phenolic OH excluding ortho intramolecular Hbond substituents is 1. The minimum atomic E-state index is -2.25. The van der Waals surface area contributed by atoms with Gasteiger partial charge in [-0.2, -0.15) is 4.98 Å². The molecule has 1 aromatic heterocycles. The highest BCUT2D eigenvalue weighted by atomic mass is 32.2. The number of nitrogens with one attached hydrogen (secondary N) is 1. The number of benzene rings is 2. The molecule has 3 aromatic rings. The van der Waals surface area contributed by atoms with Crippen molar-refractivity contribution in [1.82, 2.24) is 9.97 Å². The number of phenols is 1. The van der Waals surface area contributed by atoms with Crippen molar-refractivity contribution in [3.63, 3.8) is 0 Å². The number of fused-ring (bicyclic) bond motifs is 1. The van der Waals surface area contributed by atoms with Crippen LogP contribution >= 0.6 is 0 Å².